The first-order valence-electron chi connectivity index (χ1n) is 6.99. The molecule has 1 saturated carbocycles. The molecule has 0 spiro atoms. The Labute approximate surface area is 125 Å². The second kappa shape index (κ2) is 7.37. The Morgan fingerprint density at radius 1 is 1.16 bits per heavy atom. The van der Waals surface area contributed by atoms with Crippen LogP contribution in [-0.4, -0.2) is 18.7 Å². The van der Waals surface area contributed by atoms with E-state index in [9.17, 15) is 0 Å². The Bertz CT molecular complexity index is 385. The van der Waals surface area contributed by atoms with Gasteiger partial charge in [0, 0.05) is 22.6 Å². The number of hydrogen-bond acceptors (Lipinski definition) is 2. The standard InChI is InChI=1S/C15H21Cl2NO/c1-11(10-18-14-5-3-2-4-6-14)19-15-8-12(16)7-13(17)9-15/h7-9,11,14,18H,2-6,10H2,1H3. The summed E-state index contributed by atoms with van der Waals surface area (Å²) in [6, 6.07) is 5.96. The zero-order valence-corrected chi connectivity index (χ0v) is 12.8. The molecule has 0 bridgehead atoms. The van der Waals surface area contributed by atoms with Crippen LogP contribution < -0.4 is 10.1 Å². The van der Waals surface area contributed by atoms with Crippen LogP contribution in [0.3, 0.4) is 0 Å². The van der Waals surface area contributed by atoms with Gasteiger partial charge in [0.1, 0.15) is 11.9 Å². The van der Waals surface area contributed by atoms with Crippen LogP contribution in [0.15, 0.2) is 18.2 Å². The first-order valence-corrected chi connectivity index (χ1v) is 7.75. The van der Waals surface area contributed by atoms with Gasteiger partial charge in [-0.15, -0.1) is 0 Å². The van der Waals surface area contributed by atoms with E-state index in [1.807, 2.05) is 0 Å². The Kier molecular flexibility index (Phi) is 5.80. The van der Waals surface area contributed by atoms with Crippen molar-refractivity contribution >= 4 is 23.2 Å². The molecule has 0 radical (unpaired) electrons. The summed E-state index contributed by atoms with van der Waals surface area (Å²) in [5.41, 5.74) is 0. The van der Waals surface area contributed by atoms with Crippen molar-refractivity contribution in [1.29, 1.82) is 0 Å². The van der Waals surface area contributed by atoms with Crippen molar-refractivity contribution < 1.29 is 4.74 Å². The molecule has 1 unspecified atom stereocenters. The largest absolute Gasteiger partial charge is 0.489 e. The van der Waals surface area contributed by atoms with Crippen LogP contribution in [0.25, 0.3) is 0 Å². The van der Waals surface area contributed by atoms with Crippen LogP contribution in [0, 0.1) is 0 Å². The van der Waals surface area contributed by atoms with Crippen molar-refractivity contribution in [3.63, 3.8) is 0 Å². The summed E-state index contributed by atoms with van der Waals surface area (Å²) in [5, 5.41) is 4.79. The highest BCUT2D eigenvalue weighted by Crippen LogP contribution is 2.25. The molecule has 1 aliphatic carbocycles. The fourth-order valence-electron chi connectivity index (χ4n) is 2.51. The molecule has 1 aromatic carbocycles. The van der Waals surface area contributed by atoms with Crippen LogP contribution in [0.4, 0.5) is 0 Å². The van der Waals surface area contributed by atoms with E-state index in [0.717, 1.165) is 12.3 Å². The third-order valence-electron chi connectivity index (χ3n) is 3.47. The van der Waals surface area contributed by atoms with E-state index >= 15 is 0 Å². The van der Waals surface area contributed by atoms with E-state index < -0.39 is 0 Å². The summed E-state index contributed by atoms with van der Waals surface area (Å²) < 4.78 is 5.84. The molecular weight excluding hydrogens is 281 g/mol. The minimum absolute atomic E-state index is 0.108. The Morgan fingerprint density at radius 3 is 2.42 bits per heavy atom. The SMILES string of the molecule is CC(CNC1CCCCC1)Oc1cc(Cl)cc(Cl)c1. The van der Waals surface area contributed by atoms with Gasteiger partial charge in [0.05, 0.1) is 0 Å². The molecule has 1 aliphatic rings. The van der Waals surface area contributed by atoms with Gasteiger partial charge in [-0.1, -0.05) is 42.5 Å². The highest BCUT2D eigenvalue weighted by atomic mass is 35.5. The average Bonchev–Trinajstić information content (AvgIpc) is 2.36. The molecule has 0 aliphatic heterocycles. The van der Waals surface area contributed by atoms with Crippen molar-refractivity contribution in [3.05, 3.63) is 28.2 Å². The molecule has 1 N–H and O–H groups in total. The maximum Gasteiger partial charge on any atom is 0.122 e. The number of rotatable bonds is 5. The van der Waals surface area contributed by atoms with Crippen LogP contribution in [-0.2, 0) is 0 Å². The first-order chi connectivity index (χ1) is 9.13. The van der Waals surface area contributed by atoms with E-state index in [4.69, 9.17) is 27.9 Å². The predicted octanol–water partition coefficient (Wildman–Crippen LogP) is 4.68. The third-order valence-corrected chi connectivity index (χ3v) is 3.91. The average molecular weight is 302 g/mol. The number of nitrogens with one attached hydrogen (secondary N) is 1. The zero-order valence-electron chi connectivity index (χ0n) is 11.3. The lowest BCUT2D eigenvalue weighted by Gasteiger charge is -2.25. The van der Waals surface area contributed by atoms with Crippen molar-refractivity contribution in [1.82, 2.24) is 5.32 Å². The van der Waals surface area contributed by atoms with Gasteiger partial charge in [-0.25, -0.2) is 0 Å². The molecule has 2 rings (SSSR count). The smallest absolute Gasteiger partial charge is 0.122 e. The molecule has 2 nitrogen and oxygen atoms in total. The van der Waals surface area contributed by atoms with Crippen molar-refractivity contribution in [3.8, 4) is 5.75 Å². The highest BCUT2D eigenvalue weighted by Gasteiger charge is 2.14. The maximum atomic E-state index is 5.95. The first kappa shape index (κ1) is 15.0. The van der Waals surface area contributed by atoms with Crippen LogP contribution in [0.2, 0.25) is 10.0 Å². The van der Waals surface area contributed by atoms with Crippen LogP contribution in [0.1, 0.15) is 39.0 Å². The summed E-state index contributed by atoms with van der Waals surface area (Å²) in [6.07, 6.45) is 6.75. The number of hydrogen-bond donors (Lipinski definition) is 1. The monoisotopic (exact) mass is 301 g/mol. The van der Waals surface area contributed by atoms with Gasteiger partial charge in [-0.2, -0.15) is 0 Å². The second-order valence-corrected chi connectivity index (χ2v) is 6.15. The molecule has 19 heavy (non-hydrogen) atoms. The van der Waals surface area contributed by atoms with Crippen molar-refractivity contribution in [2.45, 2.75) is 51.2 Å². The Morgan fingerprint density at radius 2 is 1.79 bits per heavy atom. The summed E-state index contributed by atoms with van der Waals surface area (Å²) in [6.45, 7) is 2.92. The molecule has 4 heteroatoms. The quantitative estimate of drug-likeness (QED) is 0.852. The molecule has 0 aromatic heterocycles. The van der Waals surface area contributed by atoms with Gasteiger partial charge in [0.15, 0.2) is 0 Å². The molecule has 1 aromatic rings. The molecule has 1 fully saturated rings. The topological polar surface area (TPSA) is 21.3 Å². The third kappa shape index (κ3) is 5.21. The van der Waals surface area contributed by atoms with Crippen LogP contribution >= 0.6 is 23.2 Å². The molecule has 106 valence electrons. The molecule has 0 saturated heterocycles. The lowest BCUT2D eigenvalue weighted by Crippen LogP contribution is -2.37. The van der Waals surface area contributed by atoms with Crippen molar-refractivity contribution in [2.24, 2.45) is 0 Å². The number of benzene rings is 1. The summed E-state index contributed by atoms with van der Waals surface area (Å²) in [7, 11) is 0. The summed E-state index contributed by atoms with van der Waals surface area (Å²) >= 11 is 11.9. The Hall–Kier alpha value is -0.440. The van der Waals surface area contributed by atoms with Gasteiger partial charge < -0.3 is 10.1 Å². The van der Waals surface area contributed by atoms with E-state index in [1.54, 1.807) is 18.2 Å². The summed E-state index contributed by atoms with van der Waals surface area (Å²) in [4.78, 5) is 0. The normalized spacial score (nSPS) is 18.3. The lowest BCUT2D eigenvalue weighted by molar-refractivity contribution is 0.205. The summed E-state index contributed by atoms with van der Waals surface area (Å²) in [5.74, 6) is 0.732. The van der Waals surface area contributed by atoms with E-state index in [-0.39, 0.29) is 6.10 Å². The Balaban J connectivity index is 1.78. The van der Waals surface area contributed by atoms with Gasteiger partial charge in [0.25, 0.3) is 0 Å². The highest BCUT2D eigenvalue weighted by molar-refractivity contribution is 6.34. The minimum Gasteiger partial charge on any atom is -0.489 e. The van der Waals surface area contributed by atoms with E-state index in [2.05, 4.69) is 12.2 Å². The molecule has 0 amide bonds. The molecule has 0 heterocycles. The zero-order chi connectivity index (χ0) is 13.7. The molecule has 1 atom stereocenters. The molecular formula is C15H21Cl2NO. The predicted molar refractivity (Wildman–Crippen MR) is 81.4 cm³/mol. The van der Waals surface area contributed by atoms with Gasteiger partial charge >= 0.3 is 0 Å². The minimum atomic E-state index is 0.108. The fraction of sp³-hybridized carbons (Fsp3) is 0.600. The fourth-order valence-corrected chi connectivity index (χ4v) is 3.02. The lowest BCUT2D eigenvalue weighted by atomic mass is 9.95. The van der Waals surface area contributed by atoms with Gasteiger partial charge in [-0.05, 0) is 38.0 Å². The van der Waals surface area contributed by atoms with E-state index in [0.29, 0.717) is 16.1 Å². The van der Waals surface area contributed by atoms with Gasteiger partial charge in [0.2, 0.25) is 0 Å². The second-order valence-electron chi connectivity index (χ2n) is 5.28. The van der Waals surface area contributed by atoms with Crippen LogP contribution in [0.5, 0.6) is 5.75 Å². The van der Waals surface area contributed by atoms with E-state index in [1.165, 1.54) is 32.1 Å². The number of halogens is 2. The van der Waals surface area contributed by atoms with Crippen molar-refractivity contribution in [2.75, 3.05) is 6.54 Å². The number of ether oxygens (including phenoxy) is 1. The van der Waals surface area contributed by atoms with Gasteiger partial charge in [-0.3, -0.25) is 0 Å². The maximum absolute atomic E-state index is 5.95.